The normalized spacial score (nSPS) is 14.0. The molecule has 1 fully saturated rings. The van der Waals surface area contributed by atoms with Gasteiger partial charge >= 0.3 is 0 Å². The van der Waals surface area contributed by atoms with E-state index in [2.05, 4.69) is 15.3 Å². The zero-order chi connectivity index (χ0) is 30.7. The van der Waals surface area contributed by atoms with Gasteiger partial charge in [-0.2, -0.15) is 4.39 Å². The maximum atomic E-state index is 14.8. The number of nitrogens with zero attached hydrogens (tertiary/aromatic N) is 3. The van der Waals surface area contributed by atoms with Gasteiger partial charge in [0.15, 0.2) is 11.6 Å². The van der Waals surface area contributed by atoms with Crippen molar-refractivity contribution in [3.8, 4) is 16.9 Å². The molecular weight excluding hydrogens is 524 g/mol. The molecule has 0 spiro atoms. The van der Waals surface area contributed by atoms with Crippen molar-refractivity contribution in [3.05, 3.63) is 65.3 Å². The van der Waals surface area contributed by atoms with Gasteiger partial charge in [-0.15, -0.1) is 0 Å². The first kappa shape index (κ1) is 33.6. The van der Waals surface area contributed by atoms with Crippen LogP contribution >= 0.6 is 0 Å². The molecule has 0 atom stereocenters. The number of aldehydes is 1. The van der Waals surface area contributed by atoms with Crippen LogP contribution in [0.5, 0.6) is 5.75 Å². The van der Waals surface area contributed by atoms with Gasteiger partial charge in [0.1, 0.15) is 11.9 Å². The molecule has 0 unspecified atom stereocenters. The summed E-state index contributed by atoms with van der Waals surface area (Å²) in [6.07, 6.45) is 7.47. The molecule has 0 radical (unpaired) electrons. The molecular formula is C32H45F2N5O2. The minimum Gasteiger partial charge on any atom is -0.489 e. The van der Waals surface area contributed by atoms with Gasteiger partial charge in [0.2, 0.25) is 5.82 Å². The molecule has 41 heavy (non-hydrogen) atoms. The molecule has 0 amide bonds. The number of allylic oxidation sites excluding steroid dienone is 1. The smallest absolute Gasteiger partial charge is 0.201 e. The summed E-state index contributed by atoms with van der Waals surface area (Å²) in [5.41, 5.74) is 11.1. The Labute approximate surface area is 242 Å². The molecule has 3 N–H and O–H groups in total. The highest BCUT2D eigenvalue weighted by Gasteiger charge is 2.21. The molecule has 7 nitrogen and oxygen atoms in total. The fraction of sp³-hybridized carbons (Fsp3) is 0.469. The molecule has 4 rings (SSSR count). The number of fused-ring (bicyclic) bond motifs is 1. The maximum absolute atomic E-state index is 14.8. The van der Waals surface area contributed by atoms with Crippen molar-refractivity contribution in [1.29, 1.82) is 0 Å². The molecule has 2 aromatic heterocycles. The number of aromatic nitrogens is 2. The number of pyridine rings is 1. The van der Waals surface area contributed by atoms with Gasteiger partial charge in [-0.25, -0.2) is 9.37 Å². The van der Waals surface area contributed by atoms with Crippen LogP contribution in [-0.4, -0.2) is 41.1 Å². The summed E-state index contributed by atoms with van der Waals surface area (Å²) < 4.78 is 36.7. The number of hydrogen-bond donors (Lipinski definition) is 2. The number of rotatable bonds is 9. The number of ether oxygens (including phenoxy) is 1. The van der Waals surface area contributed by atoms with Gasteiger partial charge in [0.25, 0.3) is 0 Å². The van der Waals surface area contributed by atoms with Gasteiger partial charge < -0.3 is 25.0 Å². The molecule has 0 aliphatic heterocycles. The summed E-state index contributed by atoms with van der Waals surface area (Å²) in [4.78, 5) is 18.4. The van der Waals surface area contributed by atoms with Crippen LogP contribution in [0.1, 0.15) is 73.4 Å². The molecule has 3 aromatic rings. The highest BCUT2D eigenvalue weighted by Crippen LogP contribution is 2.34. The van der Waals surface area contributed by atoms with Gasteiger partial charge in [-0.3, -0.25) is 4.99 Å². The first-order chi connectivity index (χ1) is 19.4. The molecule has 1 aromatic carbocycles. The zero-order valence-corrected chi connectivity index (χ0v) is 25.6. The van der Waals surface area contributed by atoms with Crippen LogP contribution in [0.2, 0.25) is 0 Å². The lowest BCUT2D eigenvalue weighted by Crippen LogP contribution is -2.16. The molecule has 2 heterocycles. The van der Waals surface area contributed by atoms with Crippen molar-refractivity contribution in [2.24, 2.45) is 16.1 Å². The Morgan fingerprint density at radius 3 is 2.41 bits per heavy atom. The Morgan fingerprint density at radius 1 is 1.20 bits per heavy atom. The molecule has 1 aliphatic rings. The van der Waals surface area contributed by atoms with Crippen LogP contribution in [0, 0.1) is 17.0 Å². The van der Waals surface area contributed by atoms with E-state index in [1.807, 2.05) is 70.5 Å². The summed E-state index contributed by atoms with van der Waals surface area (Å²) in [6, 6.07) is 6.93. The zero-order valence-electron chi connectivity index (χ0n) is 25.6. The maximum Gasteiger partial charge on any atom is 0.201 e. The summed E-state index contributed by atoms with van der Waals surface area (Å²) >= 11 is 0. The minimum atomic E-state index is -1.01. The number of nitrogens with one attached hydrogen (secondary N) is 1. The fourth-order valence-electron chi connectivity index (χ4n) is 3.81. The van der Waals surface area contributed by atoms with Crippen molar-refractivity contribution >= 4 is 17.6 Å². The highest BCUT2D eigenvalue weighted by atomic mass is 19.2. The lowest BCUT2D eigenvalue weighted by Gasteiger charge is -2.15. The highest BCUT2D eigenvalue weighted by molar-refractivity contribution is 5.98. The average molecular weight is 570 g/mol. The van der Waals surface area contributed by atoms with E-state index >= 15 is 0 Å². The van der Waals surface area contributed by atoms with Crippen LogP contribution in [0.3, 0.4) is 0 Å². The number of nitrogens with two attached hydrogens (primary N) is 1. The predicted molar refractivity (Wildman–Crippen MR) is 163 cm³/mol. The van der Waals surface area contributed by atoms with E-state index in [0.29, 0.717) is 35.8 Å². The van der Waals surface area contributed by atoms with Gasteiger partial charge in [-0.05, 0) is 56.5 Å². The lowest BCUT2D eigenvalue weighted by molar-refractivity contribution is -0.113. The third kappa shape index (κ3) is 9.78. The van der Waals surface area contributed by atoms with Gasteiger partial charge in [0.05, 0.1) is 18.5 Å². The largest absolute Gasteiger partial charge is 0.489 e. The first-order valence-electron chi connectivity index (χ1n) is 14.1. The number of aliphatic imine (C=N–C) groups is 1. The molecule has 1 saturated carbocycles. The Hall–Kier alpha value is -3.59. The number of carbonyl (C=O) groups is 1. The second-order valence-corrected chi connectivity index (χ2v) is 10.8. The second-order valence-electron chi connectivity index (χ2n) is 10.8. The Bertz CT molecular complexity index is 1360. The monoisotopic (exact) mass is 569 g/mol. The Balaban J connectivity index is 0.000000654. The standard InChI is InChI=1S/C25H29F2N5O.C5H10O.C2H6/c1-15(28)20(16(2)29-3)10-11-33-25-21(7-8-22(26)24(25)27)17-4-9-23-31-13-19(32(23)14-17)12-30-18-5-6-18;1-5(2,3)4-6;1-2/h4,7-9,13-14,18,30H,5-6,10-12,28H2,1-3H3;4H,1-3H3;1-2H3/b20-15-,29-16?;;. The van der Waals surface area contributed by atoms with E-state index in [1.165, 1.54) is 18.9 Å². The van der Waals surface area contributed by atoms with Crippen molar-refractivity contribution in [3.63, 3.8) is 0 Å². The van der Waals surface area contributed by atoms with E-state index < -0.39 is 11.6 Å². The van der Waals surface area contributed by atoms with E-state index in [-0.39, 0.29) is 17.8 Å². The summed E-state index contributed by atoms with van der Waals surface area (Å²) in [5.74, 6) is -2.08. The van der Waals surface area contributed by atoms with Crippen LogP contribution in [0.15, 0.2) is 52.9 Å². The van der Waals surface area contributed by atoms with E-state index in [9.17, 15) is 13.6 Å². The minimum absolute atomic E-state index is 0.118. The summed E-state index contributed by atoms with van der Waals surface area (Å²) in [5, 5.41) is 3.48. The van der Waals surface area contributed by atoms with Crippen molar-refractivity contribution < 1.29 is 18.3 Å². The van der Waals surface area contributed by atoms with Crippen LogP contribution in [0.25, 0.3) is 16.8 Å². The van der Waals surface area contributed by atoms with Crippen LogP contribution in [-0.2, 0) is 11.3 Å². The van der Waals surface area contributed by atoms with Gasteiger partial charge in [0, 0.05) is 60.2 Å². The third-order valence-electron chi connectivity index (χ3n) is 6.29. The topological polar surface area (TPSA) is 94.0 Å². The number of carbonyl (C=O) groups excluding carboxylic acids is 1. The number of halogens is 2. The molecule has 9 heteroatoms. The third-order valence-corrected chi connectivity index (χ3v) is 6.29. The summed E-state index contributed by atoms with van der Waals surface area (Å²) in [7, 11) is 1.68. The number of imidazole rings is 1. The van der Waals surface area contributed by atoms with Crippen LogP contribution in [0.4, 0.5) is 8.78 Å². The second kappa shape index (κ2) is 15.4. The van der Waals surface area contributed by atoms with Crippen molar-refractivity contribution in [1.82, 2.24) is 14.7 Å². The SMILES string of the molecule is CC.CC(C)(C)C=O.CN=C(C)/C(CCOc1c(-c2ccc3ncc(CNC4CC4)n3c2)ccc(F)c1F)=C(/C)N. The fourth-order valence-corrected chi connectivity index (χ4v) is 3.81. The number of benzene rings is 1. The lowest BCUT2D eigenvalue weighted by atomic mass is 10.0. The predicted octanol–water partition coefficient (Wildman–Crippen LogP) is 6.88. The van der Waals surface area contributed by atoms with E-state index in [4.69, 9.17) is 10.5 Å². The molecule has 1 aliphatic carbocycles. The average Bonchev–Trinajstić information content (AvgIpc) is 3.70. The van der Waals surface area contributed by atoms with Gasteiger partial charge in [-0.1, -0.05) is 34.6 Å². The molecule has 224 valence electrons. The summed E-state index contributed by atoms with van der Waals surface area (Å²) in [6.45, 7) is 14.1. The Morgan fingerprint density at radius 2 is 1.85 bits per heavy atom. The molecule has 0 bridgehead atoms. The van der Waals surface area contributed by atoms with Crippen molar-refractivity contribution in [2.75, 3.05) is 13.7 Å². The van der Waals surface area contributed by atoms with Crippen LogP contribution < -0.4 is 15.8 Å². The number of hydrogen-bond acceptors (Lipinski definition) is 6. The van der Waals surface area contributed by atoms with Crippen molar-refractivity contribution in [2.45, 2.75) is 80.3 Å². The van der Waals surface area contributed by atoms with E-state index in [0.717, 1.165) is 35.0 Å². The molecule has 0 saturated heterocycles. The van der Waals surface area contributed by atoms with E-state index in [1.54, 1.807) is 14.0 Å². The first-order valence-corrected chi connectivity index (χ1v) is 14.1. The Kier molecular flexibility index (Phi) is 12.6. The quantitative estimate of drug-likeness (QED) is 0.216.